The quantitative estimate of drug-likeness (QED) is 0.746. The van der Waals surface area contributed by atoms with Gasteiger partial charge in [-0.3, -0.25) is 0 Å². The van der Waals surface area contributed by atoms with Crippen LogP contribution in [-0.2, 0) is 0 Å². The summed E-state index contributed by atoms with van der Waals surface area (Å²) >= 11 is 5.74. The fraction of sp³-hybridized carbons (Fsp3) is 0.692. The van der Waals surface area contributed by atoms with Gasteiger partial charge in [-0.2, -0.15) is 0 Å². The highest BCUT2D eigenvalue weighted by Crippen LogP contribution is 2.29. The van der Waals surface area contributed by atoms with E-state index in [1.54, 1.807) is 0 Å². The van der Waals surface area contributed by atoms with Gasteiger partial charge in [-0.1, -0.05) is 30.9 Å². The van der Waals surface area contributed by atoms with E-state index in [1.807, 2.05) is 6.08 Å². The maximum absolute atomic E-state index is 6.25. The fourth-order valence-electron chi connectivity index (χ4n) is 2.96. The third kappa shape index (κ3) is 3.09. The summed E-state index contributed by atoms with van der Waals surface area (Å²) in [5.41, 5.74) is 12.9. The van der Waals surface area contributed by atoms with E-state index >= 15 is 0 Å². The Labute approximate surface area is 108 Å². The van der Waals surface area contributed by atoms with Crippen LogP contribution in [-0.4, -0.2) is 17.5 Å². The number of rotatable bonds is 2. The standard InChI is InChI=1S/C13H22ClN3/c14-12(15)9-10-5-4-8-17(13(10)16)11-6-2-1-3-7-11/h9,11H,1-8,15-16H2/b12-9-. The third-order valence-electron chi connectivity index (χ3n) is 3.81. The van der Waals surface area contributed by atoms with Crippen molar-refractivity contribution in [2.75, 3.05) is 6.54 Å². The molecule has 0 aromatic carbocycles. The Morgan fingerprint density at radius 3 is 2.59 bits per heavy atom. The first-order valence-electron chi connectivity index (χ1n) is 6.56. The summed E-state index contributed by atoms with van der Waals surface area (Å²) in [5, 5.41) is 0.327. The lowest BCUT2D eigenvalue weighted by molar-refractivity contribution is 0.185. The number of nitrogens with two attached hydrogens (primary N) is 2. The number of hydrogen-bond donors (Lipinski definition) is 2. The molecule has 3 nitrogen and oxygen atoms in total. The zero-order valence-electron chi connectivity index (χ0n) is 10.3. The average Bonchev–Trinajstić information content (AvgIpc) is 2.32. The molecule has 0 amide bonds. The van der Waals surface area contributed by atoms with E-state index < -0.39 is 0 Å². The van der Waals surface area contributed by atoms with E-state index in [0.29, 0.717) is 11.2 Å². The minimum atomic E-state index is 0.327. The van der Waals surface area contributed by atoms with Gasteiger partial charge in [0.2, 0.25) is 0 Å². The summed E-state index contributed by atoms with van der Waals surface area (Å²) in [5.74, 6) is 0.895. The summed E-state index contributed by atoms with van der Waals surface area (Å²) in [6.45, 7) is 1.08. The molecule has 2 rings (SSSR count). The SMILES string of the molecule is NC1=C(/C=C(\N)Cl)CCCN1C1CCCCC1. The van der Waals surface area contributed by atoms with Crippen LogP contribution in [0.1, 0.15) is 44.9 Å². The van der Waals surface area contributed by atoms with Gasteiger partial charge in [0.15, 0.2) is 0 Å². The molecule has 0 atom stereocenters. The van der Waals surface area contributed by atoms with E-state index in [0.717, 1.165) is 30.8 Å². The fourth-order valence-corrected chi connectivity index (χ4v) is 3.09. The lowest BCUT2D eigenvalue weighted by atomic mass is 9.92. The van der Waals surface area contributed by atoms with Crippen molar-refractivity contribution in [3.8, 4) is 0 Å². The van der Waals surface area contributed by atoms with Crippen LogP contribution in [0, 0.1) is 0 Å². The lowest BCUT2D eigenvalue weighted by Crippen LogP contribution is -2.42. The zero-order chi connectivity index (χ0) is 12.3. The predicted molar refractivity (Wildman–Crippen MR) is 72.1 cm³/mol. The topological polar surface area (TPSA) is 55.3 Å². The Bertz CT molecular complexity index is 326. The Morgan fingerprint density at radius 2 is 1.94 bits per heavy atom. The zero-order valence-corrected chi connectivity index (χ0v) is 11.0. The minimum Gasteiger partial charge on any atom is -0.389 e. The summed E-state index contributed by atoms with van der Waals surface area (Å²) < 4.78 is 0. The van der Waals surface area contributed by atoms with E-state index in [4.69, 9.17) is 23.1 Å². The first-order chi connectivity index (χ1) is 8.18. The number of halogens is 1. The minimum absolute atomic E-state index is 0.327. The van der Waals surface area contributed by atoms with Crippen LogP contribution in [0.5, 0.6) is 0 Å². The van der Waals surface area contributed by atoms with Crippen LogP contribution in [0.3, 0.4) is 0 Å². The lowest BCUT2D eigenvalue weighted by Gasteiger charge is -2.39. The molecule has 1 saturated carbocycles. The Hall–Kier alpha value is -0.830. The monoisotopic (exact) mass is 255 g/mol. The smallest absolute Gasteiger partial charge is 0.102 e. The highest BCUT2D eigenvalue weighted by molar-refractivity contribution is 6.29. The molecule has 2 aliphatic rings. The molecule has 0 saturated heterocycles. The molecule has 0 spiro atoms. The second-order valence-corrected chi connectivity index (χ2v) is 5.46. The van der Waals surface area contributed by atoms with Gasteiger partial charge in [0.05, 0.1) is 5.16 Å². The molecule has 1 fully saturated rings. The molecule has 1 aliphatic heterocycles. The molecule has 0 radical (unpaired) electrons. The van der Waals surface area contributed by atoms with Crippen LogP contribution < -0.4 is 11.5 Å². The van der Waals surface area contributed by atoms with Gasteiger partial charge in [-0.25, -0.2) is 0 Å². The molecule has 17 heavy (non-hydrogen) atoms. The largest absolute Gasteiger partial charge is 0.389 e. The van der Waals surface area contributed by atoms with Gasteiger partial charge in [-0.05, 0) is 37.3 Å². The summed E-state index contributed by atoms with van der Waals surface area (Å²) in [6, 6.07) is 0.629. The van der Waals surface area contributed by atoms with Crippen molar-refractivity contribution in [3.63, 3.8) is 0 Å². The first-order valence-corrected chi connectivity index (χ1v) is 6.94. The predicted octanol–water partition coefficient (Wildman–Crippen LogP) is 2.62. The van der Waals surface area contributed by atoms with Crippen LogP contribution in [0.2, 0.25) is 0 Å². The molecule has 1 aliphatic carbocycles. The van der Waals surface area contributed by atoms with Crippen molar-refractivity contribution in [3.05, 3.63) is 22.6 Å². The second-order valence-electron chi connectivity index (χ2n) is 5.03. The molecule has 0 bridgehead atoms. The number of nitrogens with zero attached hydrogens (tertiary/aromatic N) is 1. The Morgan fingerprint density at radius 1 is 1.24 bits per heavy atom. The number of hydrogen-bond acceptors (Lipinski definition) is 3. The number of allylic oxidation sites excluding steroid dienone is 2. The average molecular weight is 256 g/mol. The summed E-state index contributed by atoms with van der Waals surface area (Å²) in [7, 11) is 0. The Kier molecular flexibility index (Phi) is 4.21. The maximum Gasteiger partial charge on any atom is 0.102 e. The third-order valence-corrected chi connectivity index (χ3v) is 3.92. The highest BCUT2D eigenvalue weighted by Gasteiger charge is 2.25. The maximum atomic E-state index is 6.25. The van der Waals surface area contributed by atoms with Gasteiger partial charge >= 0.3 is 0 Å². The van der Waals surface area contributed by atoms with Crippen molar-refractivity contribution in [2.24, 2.45) is 11.5 Å². The second kappa shape index (κ2) is 5.67. The molecule has 1 heterocycles. The van der Waals surface area contributed by atoms with Crippen molar-refractivity contribution in [1.82, 2.24) is 4.90 Å². The van der Waals surface area contributed by atoms with Crippen molar-refractivity contribution >= 4 is 11.6 Å². The van der Waals surface area contributed by atoms with E-state index in [9.17, 15) is 0 Å². The molecule has 0 aromatic heterocycles. The van der Waals surface area contributed by atoms with Crippen molar-refractivity contribution < 1.29 is 0 Å². The van der Waals surface area contributed by atoms with Gasteiger partial charge in [-0.15, -0.1) is 0 Å². The van der Waals surface area contributed by atoms with Crippen LogP contribution >= 0.6 is 11.6 Å². The molecule has 4 N–H and O–H groups in total. The van der Waals surface area contributed by atoms with Gasteiger partial charge < -0.3 is 16.4 Å². The van der Waals surface area contributed by atoms with Crippen molar-refractivity contribution in [2.45, 2.75) is 51.0 Å². The Balaban J connectivity index is 2.14. The van der Waals surface area contributed by atoms with Crippen LogP contribution in [0.4, 0.5) is 0 Å². The molecule has 0 aromatic rings. The van der Waals surface area contributed by atoms with Gasteiger partial charge in [0.25, 0.3) is 0 Å². The van der Waals surface area contributed by atoms with Crippen molar-refractivity contribution in [1.29, 1.82) is 0 Å². The van der Waals surface area contributed by atoms with Gasteiger partial charge in [0.1, 0.15) is 5.82 Å². The highest BCUT2D eigenvalue weighted by atomic mass is 35.5. The first kappa shape index (κ1) is 12.6. The summed E-state index contributed by atoms with van der Waals surface area (Å²) in [6.07, 6.45) is 10.5. The normalized spacial score (nSPS) is 24.3. The van der Waals surface area contributed by atoms with E-state index in [-0.39, 0.29) is 0 Å². The molecule has 96 valence electrons. The molecular weight excluding hydrogens is 234 g/mol. The van der Waals surface area contributed by atoms with E-state index in [1.165, 1.54) is 32.1 Å². The van der Waals surface area contributed by atoms with E-state index in [2.05, 4.69) is 4.90 Å². The van der Waals surface area contributed by atoms with Gasteiger partial charge in [0, 0.05) is 12.6 Å². The molecule has 4 heteroatoms. The summed E-state index contributed by atoms with van der Waals surface area (Å²) in [4.78, 5) is 2.37. The molecule has 0 unspecified atom stereocenters. The molecular formula is C13H22ClN3. The van der Waals surface area contributed by atoms with Crippen LogP contribution in [0.15, 0.2) is 22.6 Å². The van der Waals surface area contributed by atoms with Crippen LogP contribution in [0.25, 0.3) is 0 Å².